The number of ether oxygens (including phenoxy) is 1. The molecule has 0 aliphatic rings. The van der Waals surface area contributed by atoms with Crippen LogP contribution in [0.25, 0.3) is 0 Å². The molecule has 2 N–H and O–H groups in total. The quantitative estimate of drug-likeness (QED) is 0.650. The fraction of sp³-hybridized carbons (Fsp3) is 0.889. The van der Waals surface area contributed by atoms with Gasteiger partial charge in [-0.15, -0.1) is 0 Å². The SMILES string of the molecule is CCNC(C)(COC(C)C)C(=O)O. The third kappa shape index (κ3) is 4.24. The zero-order valence-electron chi connectivity index (χ0n) is 8.76. The lowest BCUT2D eigenvalue weighted by Gasteiger charge is -2.26. The van der Waals surface area contributed by atoms with E-state index in [0.29, 0.717) is 6.54 Å². The first-order valence-corrected chi connectivity index (χ1v) is 4.52. The minimum atomic E-state index is -0.973. The van der Waals surface area contributed by atoms with Gasteiger partial charge in [-0.2, -0.15) is 0 Å². The number of nitrogens with one attached hydrogen (secondary N) is 1. The van der Waals surface area contributed by atoms with Crippen molar-refractivity contribution in [3.63, 3.8) is 0 Å². The third-order valence-corrected chi connectivity index (χ3v) is 1.74. The van der Waals surface area contributed by atoms with E-state index in [1.165, 1.54) is 0 Å². The summed E-state index contributed by atoms with van der Waals surface area (Å²) >= 11 is 0. The van der Waals surface area contributed by atoms with Gasteiger partial charge in [0.2, 0.25) is 0 Å². The van der Waals surface area contributed by atoms with E-state index < -0.39 is 11.5 Å². The molecule has 1 unspecified atom stereocenters. The summed E-state index contributed by atoms with van der Waals surface area (Å²) in [5, 5.41) is 11.8. The Balaban J connectivity index is 4.16. The van der Waals surface area contributed by atoms with E-state index in [1.54, 1.807) is 6.92 Å². The number of hydrogen-bond acceptors (Lipinski definition) is 3. The van der Waals surface area contributed by atoms with Crippen LogP contribution in [0.1, 0.15) is 27.7 Å². The molecular formula is C9H19NO3. The Hall–Kier alpha value is -0.610. The molecule has 0 fully saturated rings. The van der Waals surface area contributed by atoms with Crippen LogP contribution < -0.4 is 5.32 Å². The number of likely N-dealkylation sites (N-methyl/N-ethyl adjacent to an activating group) is 1. The molecule has 0 aromatic rings. The van der Waals surface area contributed by atoms with E-state index in [1.807, 2.05) is 20.8 Å². The first-order chi connectivity index (χ1) is 5.92. The van der Waals surface area contributed by atoms with E-state index in [9.17, 15) is 4.79 Å². The van der Waals surface area contributed by atoms with Gasteiger partial charge in [0.1, 0.15) is 5.54 Å². The van der Waals surface area contributed by atoms with E-state index in [0.717, 1.165) is 0 Å². The van der Waals surface area contributed by atoms with Gasteiger partial charge in [-0.1, -0.05) is 6.92 Å². The van der Waals surface area contributed by atoms with E-state index in [4.69, 9.17) is 9.84 Å². The smallest absolute Gasteiger partial charge is 0.326 e. The van der Waals surface area contributed by atoms with Crippen LogP contribution in [0.5, 0.6) is 0 Å². The molecule has 0 amide bonds. The van der Waals surface area contributed by atoms with Crippen molar-refractivity contribution >= 4 is 5.97 Å². The monoisotopic (exact) mass is 189 g/mol. The van der Waals surface area contributed by atoms with Crippen LogP contribution in [0, 0.1) is 0 Å². The molecule has 0 aromatic heterocycles. The average molecular weight is 189 g/mol. The van der Waals surface area contributed by atoms with Crippen molar-refractivity contribution in [2.45, 2.75) is 39.3 Å². The molecule has 1 atom stereocenters. The van der Waals surface area contributed by atoms with Crippen molar-refractivity contribution in [2.24, 2.45) is 0 Å². The first kappa shape index (κ1) is 12.4. The summed E-state index contributed by atoms with van der Waals surface area (Å²) in [7, 11) is 0. The lowest BCUT2D eigenvalue weighted by Crippen LogP contribution is -2.53. The Morgan fingerprint density at radius 3 is 2.46 bits per heavy atom. The van der Waals surface area contributed by atoms with Crippen LogP contribution in [-0.4, -0.2) is 35.9 Å². The fourth-order valence-corrected chi connectivity index (χ4v) is 0.912. The van der Waals surface area contributed by atoms with Gasteiger partial charge in [-0.25, -0.2) is 0 Å². The summed E-state index contributed by atoms with van der Waals surface area (Å²) in [6.07, 6.45) is 0.0531. The number of aliphatic carboxylic acids is 1. The van der Waals surface area contributed by atoms with Crippen molar-refractivity contribution in [3.8, 4) is 0 Å². The maximum absolute atomic E-state index is 10.9. The second kappa shape index (κ2) is 5.19. The maximum atomic E-state index is 10.9. The van der Waals surface area contributed by atoms with Gasteiger partial charge >= 0.3 is 5.97 Å². The summed E-state index contributed by atoms with van der Waals surface area (Å²) in [4.78, 5) is 10.9. The maximum Gasteiger partial charge on any atom is 0.326 e. The zero-order valence-corrected chi connectivity index (χ0v) is 8.76. The van der Waals surface area contributed by atoms with Gasteiger partial charge < -0.3 is 15.2 Å². The summed E-state index contributed by atoms with van der Waals surface area (Å²) in [5.74, 6) is -0.880. The van der Waals surface area contributed by atoms with Crippen LogP contribution >= 0.6 is 0 Å². The highest BCUT2D eigenvalue weighted by atomic mass is 16.5. The molecule has 4 heteroatoms. The van der Waals surface area contributed by atoms with E-state index in [-0.39, 0.29) is 12.7 Å². The number of rotatable bonds is 6. The largest absolute Gasteiger partial charge is 0.480 e. The minimum Gasteiger partial charge on any atom is -0.480 e. The Bertz CT molecular complexity index is 170. The van der Waals surface area contributed by atoms with Gasteiger partial charge in [-0.05, 0) is 27.3 Å². The molecule has 0 spiro atoms. The molecule has 0 saturated heterocycles. The Morgan fingerprint density at radius 2 is 2.15 bits per heavy atom. The molecule has 4 nitrogen and oxygen atoms in total. The summed E-state index contributed by atoms with van der Waals surface area (Å²) in [5.41, 5.74) is -0.973. The first-order valence-electron chi connectivity index (χ1n) is 4.52. The molecule has 0 aromatic carbocycles. The summed E-state index contributed by atoms with van der Waals surface area (Å²) in [6.45, 7) is 8.07. The summed E-state index contributed by atoms with van der Waals surface area (Å²) in [6, 6.07) is 0. The number of carboxylic acid groups (broad SMARTS) is 1. The van der Waals surface area contributed by atoms with Crippen molar-refractivity contribution in [1.82, 2.24) is 5.32 Å². The zero-order chi connectivity index (χ0) is 10.5. The molecule has 0 aliphatic heterocycles. The van der Waals surface area contributed by atoms with Gasteiger partial charge in [0.15, 0.2) is 0 Å². The highest BCUT2D eigenvalue weighted by Gasteiger charge is 2.32. The van der Waals surface area contributed by atoms with Gasteiger partial charge in [0.05, 0.1) is 12.7 Å². The topological polar surface area (TPSA) is 58.6 Å². The van der Waals surface area contributed by atoms with Gasteiger partial charge in [0, 0.05) is 0 Å². The van der Waals surface area contributed by atoms with Gasteiger partial charge in [-0.3, -0.25) is 4.79 Å². The van der Waals surface area contributed by atoms with Crippen LogP contribution in [-0.2, 0) is 9.53 Å². The van der Waals surface area contributed by atoms with Crippen molar-refractivity contribution in [1.29, 1.82) is 0 Å². The minimum absolute atomic E-state index is 0.0531. The van der Waals surface area contributed by atoms with Gasteiger partial charge in [0.25, 0.3) is 0 Å². The van der Waals surface area contributed by atoms with E-state index >= 15 is 0 Å². The second-order valence-electron chi connectivity index (χ2n) is 3.53. The Morgan fingerprint density at radius 1 is 1.62 bits per heavy atom. The molecule has 78 valence electrons. The molecule has 0 aliphatic carbocycles. The van der Waals surface area contributed by atoms with Crippen LogP contribution in [0.4, 0.5) is 0 Å². The number of hydrogen-bond donors (Lipinski definition) is 2. The van der Waals surface area contributed by atoms with Crippen LogP contribution in [0.2, 0.25) is 0 Å². The fourth-order valence-electron chi connectivity index (χ4n) is 0.912. The molecule has 0 saturated carbocycles. The number of carboxylic acids is 1. The van der Waals surface area contributed by atoms with Crippen molar-refractivity contribution in [2.75, 3.05) is 13.2 Å². The van der Waals surface area contributed by atoms with Crippen LogP contribution in [0.3, 0.4) is 0 Å². The molecule has 0 radical (unpaired) electrons. The molecule has 0 bridgehead atoms. The van der Waals surface area contributed by atoms with Crippen LogP contribution in [0.15, 0.2) is 0 Å². The number of carbonyl (C=O) groups is 1. The van der Waals surface area contributed by atoms with Crippen molar-refractivity contribution < 1.29 is 14.6 Å². The molecule has 0 rings (SSSR count). The lowest BCUT2D eigenvalue weighted by atomic mass is 10.0. The highest BCUT2D eigenvalue weighted by Crippen LogP contribution is 2.06. The normalized spacial score (nSPS) is 15.8. The summed E-state index contributed by atoms with van der Waals surface area (Å²) < 4.78 is 5.28. The standard InChI is InChI=1S/C9H19NO3/c1-5-10-9(4,8(11)12)6-13-7(2)3/h7,10H,5-6H2,1-4H3,(H,11,12). The third-order valence-electron chi connectivity index (χ3n) is 1.74. The molecule has 13 heavy (non-hydrogen) atoms. The lowest BCUT2D eigenvalue weighted by molar-refractivity contribution is -0.147. The van der Waals surface area contributed by atoms with Crippen molar-refractivity contribution in [3.05, 3.63) is 0 Å². The predicted molar refractivity (Wildman–Crippen MR) is 50.8 cm³/mol. The Labute approximate surface area is 79.3 Å². The van der Waals surface area contributed by atoms with E-state index in [2.05, 4.69) is 5.32 Å². The average Bonchev–Trinajstić information content (AvgIpc) is 2.01. The highest BCUT2D eigenvalue weighted by molar-refractivity contribution is 5.78. The Kier molecular flexibility index (Phi) is 4.95. The molecule has 0 heterocycles. The molecular weight excluding hydrogens is 170 g/mol. The second-order valence-corrected chi connectivity index (χ2v) is 3.53. The predicted octanol–water partition coefficient (Wildman–Crippen LogP) is 0.864.